The number of nitrogens with one attached hydrogen (secondary N) is 2. The van der Waals surface area contributed by atoms with E-state index in [1.807, 2.05) is 0 Å². The van der Waals surface area contributed by atoms with Gasteiger partial charge in [-0.3, -0.25) is 20.4 Å². The van der Waals surface area contributed by atoms with Crippen molar-refractivity contribution in [3.05, 3.63) is 39.9 Å². The van der Waals surface area contributed by atoms with E-state index in [0.29, 0.717) is 23.9 Å². The molecule has 124 valence electrons. The molecule has 8 nitrogen and oxygen atoms in total. The third-order valence-electron chi connectivity index (χ3n) is 3.55. The maximum absolute atomic E-state index is 11.7. The van der Waals surface area contributed by atoms with Crippen LogP contribution in [-0.2, 0) is 11.3 Å². The molecule has 1 saturated heterocycles. The SMILES string of the molecule is CC(=NC[C@H]1CCNC1)NC(=O)OCc1ccc([N+](=O)[O-])cc1. The van der Waals surface area contributed by atoms with Gasteiger partial charge in [0.2, 0.25) is 0 Å². The smallest absolute Gasteiger partial charge is 0.412 e. The zero-order chi connectivity index (χ0) is 16.7. The highest BCUT2D eigenvalue weighted by Crippen LogP contribution is 2.12. The third-order valence-corrected chi connectivity index (χ3v) is 3.55. The second-order valence-electron chi connectivity index (χ2n) is 5.41. The van der Waals surface area contributed by atoms with Crippen molar-refractivity contribution in [3.63, 3.8) is 0 Å². The van der Waals surface area contributed by atoms with Crippen LogP contribution >= 0.6 is 0 Å². The summed E-state index contributed by atoms with van der Waals surface area (Å²) in [6.07, 6.45) is 0.510. The summed E-state index contributed by atoms with van der Waals surface area (Å²) in [6.45, 7) is 4.42. The molecule has 0 bridgehead atoms. The number of carbonyl (C=O) groups excluding carboxylic acids is 1. The van der Waals surface area contributed by atoms with Gasteiger partial charge in [-0.2, -0.15) is 0 Å². The minimum absolute atomic E-state index is 0.00239. The van der Waals surface area contributed by atoms with Crippen molar-refractivity contribution in [2.75, 3.05) is 19.6 Å². The lowest BCUT2D eigenvalue weighted by Crippen LogP contribution is -2.29. The normalized spacial score (nSPS) is 17.8. The van der Waals surface area contributed by atoms with E-state index in [4.69, 9.17) is 4.74 Å². The van der Waals surface area contributed by atoms with E-state index in [1.165, 1.54) is 12.1 Å². The summed E-state index contributed by atoms with van der Waals surface area (Å²) >= 11 is 0. The first-order valence-corrected chi connectivity index (χ1v) is 7.43. The van der Waals surface area contributed by atoms with Gasteiger partial charge in [0.1, 0.15) is 12.4 Å². The van der Waals surface area contributed by atoms with Gasteiger partial charge in [0.25, 0.3) is 5.69 Å². The van der Waals surface area contributed by atoms with Gasteiger partial charge in [-0.1, -0.05) is 0 Å². The fraction of sp³-hybridized carbons (Fsp3) is 0.467. The molecular weight excluding hydrogens is 300 g/mol. The third kappa shape index (κ3) is 5.67. The molecule has 0 radical (unpaired) electrons. The Labute approximate surface area is 134 Å². The summed E-state index contributed by atoms with van der Waals surface area (Å²) in [5, 5.41) is 16.4. The van der Waals surface area contributed by atoms with Crippen molar-refractivity contribution in [1.29, 1.82) is 0 Å². The Morgan fingerprint density at radius 1 is 1.48 bits per heavy atom. The number of amidine groups is 1. The second-order valence-corrected chi connectivity index (χ2v) is 5.41. The minimum Gasteiger partial charge on any atom is -0.444 e. The van der Waals surface area contributed by atoms with Gasteiger partial charge >= 0.3 is 6.09 Å². The van der Waals surface area contributed by atoms with E-state index in [-0.39, 0.29) is 12.3 Å². The monoisotopic (exact) mass is 320 g/mol. The average Bonchev–Trinajstić information content (AvgIpc) is 3.05. The van der Waals surface area contributed by atoms with Crippen LogP contribution in [-0.4, -0.2) is 36.5 Å². The van der Waals surface area contributed by atoms with Crippen LogP contribution in [0.5, 0.6) is 0 Å². The Morgan fingerprint density at radius 3 is 2.83 bits per heavy atom. The molecule has 1 aliphatic heterocycles. The van der Waals surface area contributed by atoms with Gasteiger partial charge in [-0.15, -0.1) is 0 Å². The molecule has 1 heterocycles. The Hall–Kier alpha value is -2.48. The number of non-ortho nitro benzene ring substituents is 1. The first-order valence-electron chi connectivity index (χ1n) is 7.43. The van der Waals surface area contributed by atoms with E-state index >= 15 is 0 Å². The summed E-state index contributed by atoms with van der Waals surface area (Å²) in [5.41, 5.74) is 0.681. The number of rotatable bonds is 5. The van der Waals surface area contributed by atoms with E-state index in [2.05, 4.69) is 15.6 Å². The van der Waals surface area contributed by atoms with Crippen LogP contribution in [0.1, 0.15) is 18.9 Å². The van der Waals surface area contributed by atoms with E-state index in [9.17, 15) is 14.9 Å². The van der Waals surface area contributed by atoms with E-state index in [0.717, 1.165) is 19.5 Å². The molecule has 0 spiro atoms. The largest absolute Gasteiger partial charge is 0.444 e. The Balaban J connectivity index is 1.73. The Morgan fingerprint density at radius 2 is 2.22 bits per heavy atom. The first-order chi connectivity index (χ1) is 11.0. The molecule has 1 aromatic rings. The zero-order valence-corrected chi connectivity index (χ0v) is 12.9. The minimum atomic E-state index is -0.589. The topological polar surface area (TPSA) is 106 Å². The summed E-state index contributed by atoms with van der Waals surface area (Å²) in [7, 11) is 0. The maximum Gasteiger partial charge on any atom is 0.412 e. The number of ether oxygens (including phenoxy) is 1. The molecule has 2 N–H and O–H groups in total. The molecule has 1 fully saturated rings. The van der Waals surface area contributed by atoms with Crippen LogP contribution in [0.2, 0.25) is 0 Å². The quantitative estimate of drug-likeness (QED) is 0.373. The highest BCUT2D eigenvalue weighted by molar-refractivity contribution is 5.93. The van der Waals surface area contributed by atoms with Crippen LogP contribution in [0.4, 0.5) is 10.5 Å². The number of hydrogen-bond acceptors (Lipinski definition) is 6. The number of benzene rings is 1. The van der Waals surface area contributed by atoms with Crippen LogP contribution in [0.15, 0.2) is 29.3 Å². The van der Waals surface area contributed by atoms with Crippen molar-refractivity contribution < 1.29 is 14.5 Å². The van der Waals surface area contributed by atoms with Gasteiger partial charge < -0.3 is 10.1 Å². The number of nitro benzene ring substituents is 1. The van der Waals surface area contributed by atoms with Gasteiger partial charge in [0, 0.05) is 18.7 Å². The number of hydrogen-bond donors (Lipinski definition) is 2. The van der Waals surface area contributed by atoms with Crippen LogP contribution in [0.25, 0.3) is 0 Å². The molecular formula is C15H20N4O4. The lowest BCUT2D eigenvalue weighted by Gasteiger charge is -2.08. The summed E-state index contributed by atoms with van der Waals surface area (Å²) < 4.78 is 5.06. The highest BCUT2D eigenvalue weighted by Gasteiger charge is 2.13. The van der Waals surface area contributed by atoms with Crippen molar-refractivity contribution >= 4 is 17.6 Å². The molecule has 8 heteroatoms. The van der Waals surface area contributed by atoms with Gasteiger partial charge in [-0.25, -0.2) is 4.79 Å². The lowest BCUT2D eigenvalue weighted by molar-refractivity contribution is -0.384. The standard InChI is InChI=1S/C15H20N4O4/c1-11(17-9-13-6-7-16-8-13)18-15(20)23-10-12-2-4-14(5-3-12)19(21)22/h2-5,13,16H,6-10H2,1H3,(H,17,18,20)/t13-/m0/s1. The van der Waals surface area contributed by atoms with Crippen molar-refractivity contribution in [2.45, 2.75) is 20.0 Å². The Kier molecular flexibility index (Phi) is 6.04. The predicted molar refractivity (Wildman–Crippen MR) is 85.4 cm³/mol. The number of nitrogens with zero attached hydrogens (tertiary/aromatic N) is 2. The summed E-state index contributed by atoms with van der Waals surface area (Å²) in [4.78, 5) is 26.1. The lowest BCUT2D eigenvalue weighted by atomic mass is 10.1. The molecule has 0 unspecified atom stereocenters. The summed E-state index contributed by atoms with van der Waals surface area (Å²) in [6, 6.07) is 5.86. The molecule has 1 aliphatic rings. The van der Waals surface area contributed by atoms with E-state index in [1.54, 1.807) is 19.1 Å². The van der Waals surface area contributed by atoms with Crippen LogP contribution in [0, 0.1) is 16.0 Å². The molecule has 0 saturated carbocycles. The molecule has 1 atom stereocenters. The highest BCUT2D eigenvalue weighted by atomic mass is 16.6. The zero-order valence-electron chi connectivity index (χ0n) is 12.9. The van der Waals surface area contributed by atoms with Crippen LogP contribution < -0.4 is 10.6 Å². The number of nitro groups is 1. The maximum atomic E-state index is 11.7. The molecule has 0 aromatic heterocycles. The molecule has 1 aromatic carbocycles. The molecule has 2 rings (SSSR count). The number of carbonyl (C=O) groups is 1. The Bertz CT molecular complexity index is 580. The molecule has 0 aliphatic carbocycles. The summed E-state index contributed by atoms with van der Waals surface area (Å²) in [5.74, 6) is 1.04. The van der Waals surface area contributed by atoms with Gasteiger partial charge in [0.15, 0.2) is 0 Å². The van der Waals surface area contributed by atoms with Crippen molar-refractivity contribution in [1.82, 2.24) is 10.6 Å². The van der Waals surface area contributed by atoms with Crippen molar-refractivity contribution in [2.24, 2.45) is 10.9 Å². The van der Waals surface area contributed by atoms with Crippen LogP contribution in [0.3, 0.4) is 0 Å². The van der Waals surface area contributed by atoms with E-state index < -0.39 is 11.0 Å². The number of alkyl carbamates (subject to hydrolysis) is 1. The van der Waals surface area contributed by atoms with Gasteiger partial charge in [0.05, 0.1) is 4.92 Å². The molecule has 1 amide bonds. The molecule has 23 heavy (non-hydrogen) atoms. The fourth-order valence-corrected chi connectivity index (χ4v) is 2.22. The van der Waals surface area contributed by atoms with Crippen molar-refractivity contribution in [3.8, 4) is 0 Å². The second kappa shape index (κ2) is 8.23. The van der Waals surface area contributed by atoms with Gasteiger partial charge in [-0.05, 0) is 50.0 Å². The first kappa shape index (κ1) is 16.9. The average molecular weight is 320 g/mol. The fourth-order valence-electron chi connectivity index (χ4n) is 2.22. The number of amides is 1. The number of aliphatic imine (C=N–C) groups is 1. The predicted octanol–water partition coefficient (Wildman–Crippen LogP) is 1.85.